The second-order valence-corrected chi connectivity index (χ2v) is 7.32. The van der Waals surface area contributed by atoms with Crippen molar-refractivity contribution in [3.63, 3.8) is 0 Å². The second-order valence-electron chi connectivity index (χ2n) is 7.32. The van der Waals surface area contributed by atoms with Gasteiger partial charge in [-0.15, -0.1) is 0 Å². The van der Waals surface area contributed by atoms with E-state index in [1.807, 2.05) is 13.8 Å². The van der Waals surface area contributed by atoms with Crippen molar-refractivity contribution in [2.75, 3.05) is 13.1 Å². The third-order valence-corrected chi connectivity index (χ3v) is 5.02. The Labute approximate surface area is 157 Å². The summed E-state index contributed by atoms with van der Waals surface area (Å²) in [4.78, 5) is 25.7. The molecule has 1 N–H and O–H groups in total. The third kappa shape index (κ3) is 4.18. The molecule has 1 saturated heterocycles. The van der Waals surface area contributed by atoms with E-state index in [2.05, 4.69) is 5.10 Å². The molecule has 0 atom stereocenters. The van der Waals surface area contributed by atoms with Gasteiger partial charge in [0.05, 0.1) is 23.1 Å². The van der Waals surface area contributed by atoms with Crippen LogP contribution in [0.4, 0.5) is 4.39 Å². The summed E-state index contributed by atoms with van der Waals surface area (Å²) in [7, 11) is 0. The summed E-state index contributed by atoms with van der Waals surface area (Å²) in [6.07, 6.45) is 3.12. The van der Waals surface area contributed by atoms with E-state index in [0.717, 1.165) is 5.69 Å². The summed E-state index contributed by atoms with van der Waals surface area (Å²) < 4.78 is 14.9. The molecule has 1 fully saturated rings. The lowest BCUT2D eigenvalue weighted by molar-refractivity contribution is -0.138. The number of rotatable bonds is 5. The van der Waals surface area contributed by atoms with Crippen molar-refractivity contribution in [2.24, 2.45) is 5.92 Å². The van der Waals surface area contributed by atoms with Crippen molar-refractivity contribution in [3.8, 4) is 5.69 Å². The highest BCUT2D eigenvalue weighted by atomic mass is 19.1. The maximum absolute atomic E-state index is 13.2. The largest absolute Gasteiger partial charge is 0.481 e. The fourth-order valence-corrected chi connectivity index (χ4v) is 3.62. The number of halogens is 1. The number of benzene rings is 1. The summed E-state index contributed by atoms with van der Waals surface area (Å²) in [6.45, 7) is 5.09. The molecule has 0 saturated carbocycles. The first-order valence-corrected chi connectivity index (χ1v) is 9.21. The summed E-state index contributed by atoms with van der Waals surface area (Å²) >= 11 is 0. The Hall–Kier alpha value is -2.70. The molecule has 1 amide bonds. The highest BCUT2D eigenvalue weighted by Gasteiger charge is 2.28. The number of aromatic nitrogens is 2. The van der Waals surface area contributed by atoms with Crippen molar-refractivity contribution < 1.29 is 19.1 Å². The first-order valence-electron chi connectivity index (χ1n) is 9.21. The number of hydrogen-bond donors (Lipinski definition) is 1. The fraction of sp³-hybridized carbons (Fsp3) is 0.450. The van der Waals surface area contributed by atoms with E-state index in [-0.39, 0.29) is 30.0 Å². The van der Waals surface area contributed by atoms with Gasteiger partial charge in [-0.3, -0.25) is 9.59 Å². The van der Waals surface area contributed by atoms with Crippen LogP contribution in [-0.4, -0.2) is 44.8 Å². The van der Waals surface area contributed by atoms with Crippen LogP contribution in [0.2, 0.25) is 0 Å². The fourth-order valence-electron chi connectivity index (χ4n) is 3.62. The van der Waals surface area contributed by atoms with Crippen LogP contribution in [0, 0.1) is 11.7 Å². The van der Waals surface area contributed by atoms with Gasteiger partial charge < -0.3 is 10.0 Å². The summed E-state index contributed by atoms with van der Waals surface area (Å²) in [5.41, 5.74) is 2.05. The number of hydrogen-bond acceptors (Lipinski definition) is 3. The van der Waals surface area contributed by atoms with Crippen molar-refractivity contribution in [3.05, 3.63) is 47.5 Å². The average Bonchev–Trinajstić information content (AvgIpc) is 3.07. The Morgan fingerprint density at radius 2 is 1.85 bits per heavy atom. The zero-order chi connectivity index (χ0) is 19.6. The van der Waals surface area contributed by atoms with E-state index in [4.69, 9.17) is 5.11 Å². The minimum absolute atomic E-state index is 0.0565. The SMILES string of the molecule is CC(C)c1c(C(=O)N2CCC(CC(=O)O)CC2)cnn1-c1ccc(F)cc1. The average molecular weight is 373 g/mol. The zero-order valence-electron chi connectivity index (χ0n) is 15.6. The topological polar surface area (TPSA) is 75.4 Å². The molecule has 1 aliphatic rings. The summed E-state index contributed by atoms with van der Waals surface area (Å²) in [5.74, 6) is -1.01. The predicted octanol–water partition coefficient (Wildman–Crippen LogP) is 3.46. The highest BCUT2D eigenvalue weighted by molar-refractivity contribution is 5.95. The van der Waals surface area contributed by atoms with Crippen molar-refractivity contribution in [1.29, 1.82) is 0 Å². The van der Waals surface area contributed by atoms with Gasteiger partial charge in [0.25, 0.3) is 5.91 Å². The summed E-state index contributed by atoms with van der Waals surface area (Å²) in [5, 5.41) is 13.3. The van der Waals surface area contributed by atoms with Gasteiger partial charge in [-0.1, -0.05) is 13.8 Å². The molecule has 7 heteroatoms. The number of nitrogens with zero attached hydrogens (tertiary/aromatic N) is 3. The number of likely N-dealkylation sites (tertiary alicyclic amines) is 1. The minimum atomic E-state index is -0.789. The third-order valence-electron chi connectivity index (χ3n) is 5.02. The van der Waals surface area contributed by atoms with Crippen molar-refractivity contribution in [1.82, 2.24) is 14.7 Å². The molecule has 144 valence electrons. The van der Waals surface area contributed by atoms with Gasteiger partial charge in [0, 0.05) is 19.5 Å². The van der Waals surface area contributed by atoms with E-state index in [1.54, 1.807) is 27.9 Å². The molecule has 0 spiro atoms. The van der Waals surface area contributed by atoms with E-state index in [1.165, 1.54) is 12.1 Å². The Morgan fingerprint density at radius 3 is 2.41 bits per heavy atom. The molecule has 6 nitrogen and oxygen atoms in total. The number of carbonyl (C=O) groups excluding carboxylic acids is 1. The maximum atomic E-state index is 13.2. The zero-order valence-corrected chi connectivity index (χ0v) is 15.6. The van der Waals surface area contributed by atoms with E-state index < -0.39 is 5.97 Å². The van der Waals surface area contributed by atoms with Crippen LogP contribution in [0.3, 0.4) is 0 Å². The Bertz CT molecular complexity index is 821. The van der Waals surface area contributed by atoms with Crippen LogP contribution >= 0.6 is 0 Å². The van der Waals surface area contributed by atoms with E-state index in [9.17, 15) is 14.0 Å². The molecule has 2 aromatic rings. The second kappa shape index (κ2) is 7.90. The van der Waals surface area contributed by atoms with Gasteiger partial charge >= 0.3 is 5.97 Å². The molecule has 27 heavy (non-hydrogen) atoms. The number of carboxylic acid groups (broad SMARTS) is 1. The van der Waals surface area contributed by atoms with Crippen LogP contribution in [0.15, 0.2) is 30.5 Å². The Morgan fingerprint density at radius 1 is 1.22 bits per heavy atom. The lowest BCUT2D eigenvalue weighted by Gasteiger charge is -2.31. The molecule has 3 rings (SSSR count). The minimum Gasteiger partial charge on any atom is -0.481 e. The van der Waals surface area contributed by atoms with Crippen LogP contribution in [0.25, 0.3) is 5.69 Å². The molecule has 1 aromatic carbocycles. The molecular weight excluding hydrogens is 349 g/mol. The quantitative estimate of drug-likeness (QED) is 0.871. The molecule has 0 radical (unpaired) electrons. The Balaban J connectivity index is 1.81. The van der Waals surface area contributed by atoms with Gasteiger partial charge in [-0.2, -0.15) is 5.10 Å². The van der Waals surface area contributed by atoms with Gasteiger partial charge in [0.1, 0.15) is 5.82 Å². The first kappa shape index (κ1) is 19.1. The number of piperidine rings is 1. The van der Waals surface area contributed by atoms with E-state index in [0.29, 0.717) is 37.2 Å². The van der Waals surface area contributed by atoms with Crippen molar-refractivity contribution in [2.45, 2.75) is 39.0 Å². The normalized spacial score (nSPS) is 15.3. The van der Waals surface area contributed by atoms with E-state index >= 15 is 0 Å². The molecule has 0 unspecified atom stereocenters. The lowest BCUT2D eigenvalue weighted by Crippen LogP contribution is -2.39. The van der Waals surface area contributed by atoms with Gasteiger partial charge in [0.2, 0.25) is 0 Å². The van der Waals surface area contributed by atoms with Crippen LogP contribution < -0.4 is 0 Å². The Kier molecular flexibility index (Phi) is 5.58. The van der Waals surface area contributed by atoms with Gasteiger partial charge in [0.15, 0.2) is 0 Å². The number of carbonyl (C=O) groups is 2. The molecule has 2 heterocycles. The molecule has 1 aromatic heterocycles. The van der Waals surface area contributed by atoms with Crippen LogP contribution in [0.5, 0.6) is 0 Å². The predicted molar refractivity (Wildman–Crippen MR) is 98.5 cm³/mol. The standard InChI is InChI=1S/C20H24FN3O3/c1-13(2)19-17(12-22-24(19)16-5-3-15(21)4-6-16)20(27)23-9-7-14(8-10-23)11-18(25)26/h3-6,12-14H,7-11H2,1-2H3,(H,25,26). The van der Waals surface area contributed by atoms with Gasteiger partial charge in [-0.05, 0) is 48.9 Å². The lowest BCUT2D eigenvalue weighted by atomic mass is 9.93. The molecule has 1 aliphatic heterocycles. The molecule has 0 bridgehead atoms. The monoisotopic (exact) mass is 373 g/mol. The number of amides is 1. The van der Waals surface area contributed by atoms with Crippen molar-refractivity contribution >= 4 is 11.9 Å². The number of carboxylic acids is 1. The number of aliphatic carboxylic acids is 1. The maximum Gasteiger partial charge on any atom is 0.303 e. The van der Waals surface area contributed by atoms with Crippen LogP contribution in [-0.2, 0) is 4.79 Å². The summed E-state index contributed by atoms with van der Waals surface area (Å²) in [6, 6.07) is 6.02. The van der Waals surface area contributed by atoms with Gasteiger partial charge in [-0.25, -0.2) is 9.07 Å². The molecular formula is C20H24FN3O3. The smallest absolute Gasteiger partial charge is 0.303 e. The van der Waals surface area contributed by atoms with Crippen LogP contribution in [0.1, 0.15) is 55.1 Å². The highest BCUT2D eigenvalue weighted by Crippen LogP contribution is 2.27. The first-order chi connectivity index (χ1) is 12.9. The molecule has 0 aliphatic carbocycles.